The van der Waals surface area contributed by atoms with Gasteiger partial charge in [0.05, 0.1) is 6.04 Å². The van der Waals surface area contributed by atoms with Crippen molar-refractivity contribution in [3.05, 3.63) is 29.3 Å². The molecule has 0 aromatic heterocycles. The lowest BCUT2D eigenvalue weighted by Crippen LogP contribution is -2.36. The smallest absolute Gasteiger partial charge is 0.241 e. The number of hydrogen-bond acceptors (Lipinski definition) is 3. The molecule has 94 valence electrons. The minimum atomic E-state index is -0.429. The van der Waals surface area contributed by atoms with Gasteiger partial charge in [-0.3, -0.25) is 4.79 Å². The number of hydrogen-bond donors (Lipinski definition) is 2. The molecule has 0 bridgehead atoms. The minimum Gasteiger partial charge on any atom is -0.324 e. The highest BCUT2D eigenvalue weighted by Gasteiger charge is 2.14. The van der Waals surface area contributed by atoms with Crippen LogP contribution in [0.2, 0.25) is 0 Å². The Morgan fingerprint density at radius 2 is 2.00 bits per heavy atom. The molecular weight excluding hydrogens is 232 g/mol. The summed E-state index contributed by atoms with van der Waals surface area (Å²) >= 11 is 1.70. The molecule has 0 saturated carbocycles. The number of aryl methyl sites for hydroxylation is 2. The first kappa shape index (κ1) is 14.1. The molecule has 0 aliphatic carbocycles. The Morgan fingerprint density at radius 1 is 1.41 bits per heavy atom. The van der Waals surface area contributed by atoms with E-state index in [1.54, 1.807) is 11.8 Å². The normalized spacial score (nSPS) is 12.2. The minimum absolute atomic E-state index is 0.101. The third-order valence-corrected chi connectivity index (χ3v) is 3.34. The molecule has 0 saturated heterocycles. The fourth-order valence-corrected chi connectivity index (χ4v) is 2.09. The summed E-state index contributed by atoms with van der Waals surface area (Å²) in [5, 5.41) is 2.91. The van der Waals surface area contributed by atoms with Crippen LogP contribution in [-0.2, 0) is 4.79 Å². The van der Waals surface area contributed by atoms with Gasteiger partial charge in [0.25, 0.3) is 0 Å². The maximum atomic E-state index is 11.9. The number of anilines is 1. The van der Waals surface area contributed by atoms with Gasteiger partial charge in [-0.2, -0.15) is 11.8 Å². The van der Waals surface area contributed by atoms with Crippen molar-refractivity contribution in [2.24, 2.45) is 5.73 Å². The van der Waals surface area contributed by atoms with Gasteiger partial charge in [-0.1, -0.05) is 18.2 Å². The molecule has 0 aliphatic heterocycles. The Labute approximate surface area is 107 Å². The summed E-state index contributed by atoms with van der Waals surface area (Å²) in [5.41, 5.74) is 8.84. The van der Waals surface area contributed by atoms with Gasteiger partial charge in [0.1, 0.15) is 0 Å². The summed E-state index contributed by atoms with van der Waals surface area (Å²) < 4.78 is 0. The first-order chi connectivity index (χ1) is 8.06. The van der Waals surface area contributed by atoms with E-state index in [1.807, 2.05) is 38.3 Å². The number of thioether (sulfide) groups is 1. The predicted octanol–water partition coefficient (Wildman–Crippen LogP) is 2.32. The highest BCUT2D eigenvalue weighted by molar-refractivity contribution is 7.98. The van der Waals surface area contributed by atoms with Crippen LogP contribution in [0.4, 0.5) is 5.69 Å². The van der Waals surface area contributed by atoms with Crippen molar-refractivity contribution < 1.29 is 4.79 Å². The maximum Gasteiger partial charge on any atom is 0.241 e. The highest BCUT2D eigenvalue weighted by Crippen LogP contribution is 2.19. The molecule has 3 nitrogen and oxygen atoms in total. The lowest BCUT2D eigenvalue weighted by atomic mass is 10.1. The SMILES string of the molecule is CSCC[C@H](N)C(=O)Nc1c(C)cccc1C. The zero-order valence-electron chi connectivity index (χ0n) is 10.6. The third-order valence-electron chi connectivity index (χ3n) is 2.70. The van der Waals surface area contributed by atoms with Crippen molar-refractivity contribution in [3.63, 3.8) is 0 Å². The van der Waals surface area contributed by atoms with Gasteiger partial charge in [0.15, 0.2) is 0 Å². The molecule has 0 aliphatic rings. The molecule has 0 fully saturated rings. The molecule has 0 radical (unpaired) electrons. The number of rotatable bonds is 5. The summed E-state index contributed by atoms with van der Waals surface area (Å²) in [6.07, 6.45) is 2.72. The van der Waals surface area contributed by atoms with Crippen LogP contribution in [0.1, 0.15) is 17.5 Å². The molecular formula is C13H20N2OS. The highest BCUT2D eigenvalue weighted by atomic mass is 32.2. The van der Waals surface area contributed by atoms with Gasteiger partial charge in [0.2, 0.25) is 5.91 Å². The van der Waals surface area contributed by atoms with Crippen molar-refractivity contribution in [3.8, 4) is 0 Å². The summed E-state index contributed by atoms with van der Waals surface area (Å²) in [6, 6.07) is 5.52. The van der Waals surface area contributed by atoms with E-state index >= 15 is 0 Å². The summed E-state index contributed by atoms with van der Waals surface area (Å²) in [5.74, 6) is 0.804. The molecule has 1 rings (SSSR count). The summed E-state index contributed by atoms with van der Waals surface area (Å²) in [4.78, 5) is 11.9. The molecule has 1 aromatic rings. The standard InChI is InChI=1S/C13H20N2OS/c1-9-5-4-6-10(2)12(9)15-13(16)11(14)7-8-17-3/h4-6,11H,7-8,14H2,1-3H3,(H,15,16)/t11-/m0/s1. The monoisotopic (exact) mass is 252 g/mol. The Hall–Kier alpha value is -1.00. The van der Waals surface area contributed by atoms with E-state index < -0.39 is 6.04 Å². The van der Waals surface area contributed by atoms with Crippen LogP contribution in [0.25, 0.3) is 0 Å². The van der Waals surface area contributed by atoms with Crippen molar-refractivity contribution in [1.82, 2.24) is 0 Å². The lowest BCUT2D eigenvalue weighted by molar-refractivity contribution is -0.117. The molecule has 1 amide bonds. The topological polar surface area (TPSA) is 55.1 Å². The van der Waals surface area contributed by atoms with E-state index in [1.165, 1.54) is 0 Å². The average Bonchev–Trinajstić information content (AvgIpc) is 2.30. The van der Waals surface area contributed by atoms with Crippen molar-refractivity contribution in [2.45, 2.75) is 26.3 Å². The van der Waals surface area contributed by atoms with Gasteiger partial charge in [-0.15, -0.1) is 0 Å². The predicted molar refractivity (Wildman–Crippen MR) is 75.5 cm³/mol. The number of nitrogens with two attached hydrogens (primary N) is 1. The van der Waals surface area contributed by atoms with E-state index in [2.05, 4.69) is 5.32 Å². The second kappa shape index (κ2) is 6.67. The Bertz CT molecular complexity index is 373. The molecule has 1 aromatic carbocycles. The molecule has 4 heteroatoms. The molecule has 0 heterocycles. The van der Waals surface area contributed by atoms with Gasteiger partial charge in [-0.05, 0) is 43.4 Å². The van der Waals surface area contributed by atoms with Gasteiger partial charge < -0.3 is 11.1 Å². The van der Waals surface area contributed by atoms with E-state index in [4.69, 9.17) is 5.73 Å². The van der Waals surface area contributed by atoms with Gasteiger partial charge >= 0.3 is 0 Å². The summed E-state index contributed by atoms with van der Waals surface area (Å²) in [7, 11) is 0. The van der Waals surface area contributed by atoms with Crippen LogP contribution < -0.4 is 11.1 Å². The largest absolute Gasteiger partial charge is 0.324 e. The van der Waals surface area contributed by atoms with E-state index in [0.29, 0.717) is 6.42 Å². The quantitative estimate of drug-likeness (QED) is 0.845. The van der Waals surface area contributed by atoms with Gasteiger partial charge in [-0.25, -0.2) is 0 Å². The third kappa shape index (κ3) is 4.06. The number of benzene rings is 1. The van der Waals surface area contributed by atoms with Crippen LogP contribution in [0, 0.1) is 13.8 Å². The average molecular weight is 252 g/mol. The van der Waals surface area contributed by atoms with Crippen LogP contribution in [0.3, 0.4) is 0 Å². The molecule has 0 unspecified atom stereocenters. The Balaban J connectivity index is 2.68. The second-order valence-electron chi connectivity index (χ2n) is 4.14. The number of carbonyl (C=O) groups excluding carboxylic acids is 1. The zero-order valence-corrected chi connectivity index (χ0v) is 11.4. The first-order valence-electron chi connectivity index (χ1n) is 5.68. The lowest BCUT2D eigenvalue weighted by Gasteiger charge is -2.15. The molecule has 3 N–H and O–H groups in total. The second-order valence-corrected chi connectivity index (χ2v) is 5.13. The molecule has 0 spiro atoms. The van der Waals surface area contributed by atoms with Crippen LogP contribution in [0.15, 0.2) is 18.2 Å². The van der Waals surface area contributed by atoms with Crippen molar-refractivity contribution in [1.29, 1.82) is 0 Å². The van der Waals surface area contributed by atoms with Gasteiger partial charge in [0, 0.05) is 5.69 Å². The van der Waals surface area contributed by atoms with Crippen LogP contribution >= 0.6 is 11.8 Å². The van der Waals surface area contributed by atoms with E-state index in [0.717, 1.165) is 22.6 Å². The maximum absolute atomic E-state index is 11.9. The number of para-hydroxylation sites is 1. The van der Waals surface area contributed by atoms with E-state index in [-0.39, 0.29) is 5.91 Å². The fraction of sp³-hybridized carbons (Fsp3) is 0.462. The molecule has 1 atom stereocenters. The summed E-state index contributed by atoms with van der Waals surface area (Å²) in [6.45, 7) is 3.96. The number of amides is 1. The first-order valence-corrected chi connectivity index (χ1v) is 7.07. The Kier molecular flexibility index (Phi) is 5.51. The van der Waals surface area contributed by atoms with Crippen molar-refractivity contribution >= 4 is 23.4 Å². The molecule has 17 heavy (non-hydrogen) atoms. The number of carbonyl (C=O) groups is 1. The Morgan fingerprint density at radius 3 is 2.53 bits per heavy atom. The van der Waals surface area contributed by atoms with Crippen LogP contribution in [0.5, 0.6) is 0 Å². The fourth-order valence-electron chi connectivity index (χ4n) is 1.60. The number of nitrogens with one attached hydrogen (secondary N) is 1. The van der Waals surface area contributed by atoms with Crippen LogP contribution in [-0.4, -0.2) is 24.0 Å². The van der Waals surface area contributed by atoms with E-state index in [9.17, 15) is 4.79 Å². The van der Waals surface area contributed by atoms with Crippen molar-refractivity contribution in [2.75, 3.05) is 17.3 Å². The zero-order chi connectivity index (χ0) is 12.8.